The molecule has 3 amide bonds. The number of Topliss-reactive ketones (excluding diaryl/α,β-unsaturated/α-hetero) is 1. The molecule has 1 aliphatic carbocycles. The Morgan fingerprint density at radius 2 is 1.96 bits per heavy atom. The third kappa shape index (κ3) is 3.90. The maximum absolute atomic E-state index is 12.8. The van der Waals surface area contributed by atoms with E-state index in [-0.39, 0.29) is 17.6 Å². The Labute approximate surface area is 165 Å². The van der Waals surface area contributed by atoms with E-state index in [1.54, 1.807) is 24.3 Å². The van der Waals surface area contributed by atoms with Gasteiger partial charge in [0.05, 0.1) is 0 Å². The highest BCUT2D eigenvalue weighted by molar-refractivity contribution is 9.10. The molecule has 0 aromatic heterocycles. The number of hydrogen-bond acceptors (Lipinski definition) is 5. The van der Waals surface area contributed by atoms with Crippen LogP contribution in [0.3, 0.4) is 0 Å². The van der Waals surface area contributed by atoms with Gasteiger partial charge in [-0.3, -0.25) is 19.3 Å². The van der Waals surface area contributed by atoms with Gasteiger partial charge in [-0.05, 0) is 30.9 Å². The number of urea groups is 1. The third-order valence-corrected chi connectivity index (χ3v) is 5.85. The number of nitrogens with zero attached hydrogens (tertiary/aromatic N) is 1. The van der Waals surface area contributed by atoms with Crippen molar-refractivity contribution in [2.45, 2.75) is 38.1 Å². The first-order chi connectivity index (χ1) is 12.8. The van der Waals surface area contributed by atoms with E-state index in [2.05, 4.69) is 21.2 Å². The van der Waals surface area contributed by atoms with Crippen molar-refractivity contribution in [3.63, 3.8) is 0 Å². The summed E-state index contributed by atoms with van der Waals surface area (Å²) in [6.45, 7) is 1.01. The van der Waals surface area contributed by atoms with Crippen molar-refractivity contribution < 1.29 is 23.9 Å². The van der Waals surface area contributed by atoms with Gasteiger partial charge in [0.25, 0.3) is 5.91 Å². The molecule has 27 heavy (non-hydrogen) atoms. The minimum atomic E-state index is -0.914. The molecule has 1 N–H and O–H groups in total. The number of ether oxygens (including phenoxy) is 1. The lowest BCUT2D eigenvalue weighted by atomic mass is 9.73. The van der Waals surface area contributed by atoms with Crippen LogP contribution in [0.15, 0.2) is 28.7 Å². The lowest BCUT2D eigenvalue weighted by Gasteiger charge is -2.36. The van der Waals surface area contributed by atoms with Crippen LogP contribution in [0.2, 0.25) is 0 Å². The summed E-state index contributed by atoms with van der Waals surface area (Å²) in [5, 5.41) is 2.78. The van der Waals surface area contributed by atoms with Gasteiger partial charge in [0.2, 0.25) is 0 Å². The maximum Gasteiger partial charge on any atom is 0.326 e. The highest BCUT2D eigenvalue weighted by Crippen LogP contribution is 2.38. The van der Waals surface area contributed by atoms with Gasteiger partial charge >= 0.3 is 12.0 Å². The standard InChI is InChI=1S/C19H21BrN2O5/c1-12-4-2-3-9-19(12)17(25)22(18(26)21-19)10-16(24)27-11-15(23)13-5-7-14(20)8-6-13/h5-8,12H,2-4,9-11H2,1H3,(H,21,26). The van der Waals surface area contributed by atoms with Gasteiger partial charge < -0.3 is 10.1 Å². The quantitative estimate of drug-likeness (QED) is 0.435. The highest BCUT2D eigenvalue weighted by atomic mass is 79.9. The van der Waals surface area contributed by atoms with E-state index in [1.807, 2.05) is 6.92 Å². The summed E-state index contributed by atoms with van der Waals surface area (Å²) in [5.41, 5.74) is -0.501. The van der Waals surface area contributed by atoms with E-state index >= 15 is 0 Å². The van der Waals surface area contributed by atoms with Crippen molar-refractivity contribution in [3.8, 4) is 0 Å². The molecule has 1 heterocycles. The summed E-state index contributed by atoms with van der Waals surface area (Å²) in [4.78, 5) is 50.1. The van der Waals surface area contributed by atoms with Crippen LogP contribution in [0.5, 0.6) is 0 Å². The van der Waals surface area contributed by atoms with Crippen molar-refractivity contribution >= 4 is 39.6 Å². The molecule has 144 valence electrons. The average Bonchev–Trinajstić information content (AvgIpc) is 2.88. The van der Waals surface area contributed by atoms with Crippen LogP contribution in [0.1, 0.15) is 43.0 Å². The van der Waals surface area contributed by atoms with Crippen LogP contribution in [0, 0.1) is 5.92 Å². The van der Waals surface area contributed by atoms with Gasteiger partial charge in [0.15, 0.2) is 12.4 Å². The van der Waals surface area contributed by atoms with Crippen molar-refractivity contribution in [3.05, 3.63) is 34.3 Å². The zero-order valence-corrected chi connectivity index (χ0v) is 16.6. The van der Waals surface area contributed by atoms with Crippen LogP contribution in [-0.4, -0.2) is 47.3 Å². The maximum atomic E-state index is 12.8. The fourth-order valence-electron chi connectivity index (χ4n) is 3.68. The summed E-state index contributed by atoms with van der Waals surface area (Å²) in [6, 6.07) is 6.09. The normalized spacial score (nSPS) is 24.8. The minimum Gasteiger partial charge on any atom is -0.456 e. The number of imide groups is 1. The predicted octanol–water partition coefficient (Wildman–Crippen LogP) is 2.68. The van der Waals surface area contributed by atoms with Gasteiger partial charge in [-0.2, -0.15) is 0 Å². The van der Waals surface area contributed by atoms with Gasteiger partial charge in [-0.15, -0.1) is 0 Å². The Bertz CT molecular complexity index is 779. The average molecular weight is 437 g/mol. The second-order valence-electron chi connectivity index (χ2n) is 7.03. The molecule has 1 saturated heterocycles. The molecule has 1 spiro atoms. The van der Waals surface area contributed by atoms with Gasteiger partial charge in [-0.25, -0.2) is 4.79 Å². The Morgan fingerprint density at radius 1 is 1.26 bits per heavy atom. The third-order valence-electron chi connectivity index (χ3n) is 5.32. The number of benzene rings is 1. The van der Waals surface area contributed by atoms with E-state index in [0.29, 0.717) is 12.0 Å². The van der Waals surface area contributed by atoms with E-state index in [1.165, 1.54) is 0 Å². The van der Waals surface area contributed by atoms with Crippen LogP contribution < -0.4 is 5.32 Å². The monoisotopic (exact) mass is 436 g/mol. The molecule has 8 heteroatoms. The summed E-state index contributed by atoms with van der Waals surface area (Å²) in [6.07, 6.45) is 3.31. The number of rotatable bonds is 5. The number of hydrogen-bond donors (Lipinski definition) is 1. The molecule has 1 aromatic rings. The molecule has 2 aliphatic rings. The van der Waals surface area contributed by atoms with Gasteiger partial charge in [0.1, 0.15) is 12.1 Å². The molecule has 2 atom stereocenters. The number of ketones is 1. The first-order valence-corrected chi connectivity index (χ1v) is 9.71. The zero-order valence-electron chi connectivity index (χ0n) is 15.0. The van der Waals surface area contributed by atoms with Crippen LogP contribution >= 0.6 is 15.9 Å². The highest BCUT2D eigenvalue weighted by Gasteiger charge is 2.55. The van der Waals surface area contributed by atoms with Crippen molar-refractivity contribution in [2.75, 3.05) is 13.2 Å². The summed E-state index contributed by atoms with van der Waals surface area (Å²) < 4.78 is 5.81. The SMILES string of the molecule is CC1CCCCC12NC(=O)N(CC(=O)OCC(=O)c1ccc(Br)cc1)C2=O. The number of halogens is 1. The largest absolute Gasteiger partial charge is 0.456 e. The number of esters is 1. The number of carbonyl (C=O) groups excluding carboxylic acids is 4. The van der Waals surface area contributed by atoms with E-state index in [9.17, 15) is 19.2 Å². The fourth-order valence-corrected chi connectivity index (χ4v) is 3.94. The van der Waals surface area contributed by atoms with Gasteiger partial charge in [0, 0.05) is 10.0 Å². The van der Waals surface area contributed by atoms with E-state index < -0.39 is 30.7 Å². The Kier molecular flexibility index (Phi) is 5.64. The van der Waals surface area contributed by atoms with Crippen LogP contribution in [-0.2, 0) is 14.3 Å². The molecule has 7 nitrogen and oxygen atoms in total. The first-order valence-electron chi connectivity index (χ1n) is 8.92. The predicted molar refractivity (Wildman–Crippen MR) is 100 cm³/mol. The number of nitrogens with one attached hydrogen (secondary N) is 1. The Balaban J connectivity index is 1.57. The van der Waals surface area contributed by atoms with Crippen LogP contribution in [0.4, 0.5) is 4.79 Å². The minimum absolute atomic E-state index is 0.0164. The molecule has 0 radical (unpaired) electrons. The van der Waals surface area contributed by atoms with E-state index in [0.717, 1.165) is 28.6 Å². The van der Waals surface area contributed by atoms with Gasteiger partial charge in [-0.1, -0.05) is 47.8 Å². The lowest BCUT2D eigenvalue weighted by Crippen LogP contribution is -2.54. The van der Waals surface area contributed by atoms with Crippen molar-refractivity contribution in [1.82, 2.24) is 10.2 Å². The molecule has 1 aromatic carbocycles. The molecule has 2 unspecified atom stereocenters. The molecular weight excluding hydrogens is 416 g/mol. The lowest BCUT2D eigenvalue weighted by molar-refractivity contribution is -0.147. The Hall–Kier alpha value is -2.22. The second kappa shape index (κ2) is 7.80. The van der Waals surface area contributed by atoms with Crippen molar-refractivity contribution in [2.24, 2.45) is 5.92 Å². The molecule has 2 fully saturated rings. The molecule has 3 rings (SSSR count). The van der Waals surface area contributed by atoms with Crippen molar-refractivity contribution in [1.29, 1.82) is 0 Å². The fraction of sp³-hybridized carbons (Fsp3) is 0.474. The summed E-state index contributed by atoms with van der Waals surface area (Å²) in [5.74, 6) is -1.51. The Morgan fingerprint density at radius 3 is 2.63 bits per heavy atom. The smallest absolute Gasteiger partial charge is 0.326 e. The number of amides is 3. The first kappa shape index (κ1) is 19.5. The number of carbonyl (C=O) groups is 4. The molecular formula is C19H21BrN2O5. The topological polar surface area (TPSA) is 92.8 Å². The molecule has 0 bridgehead atoms. The summed E-state index contributed by atoms with van der Waals surface area (Å²) in [7, 11) is 0. The second-order valence-corrected chi connectivity index (χ2v) is 7.95. The van der Waals surface area contributed by atoms with E-state index in [4.69, 9.17) is 4.74 Å². The summed E-state index contributed by atoms with van der Waals surface area (Å²) >= 11 is 3.28. The zero-order chi connectivity index (χ0) is 19.6. The molecule has 1 aliphatic heterocycles. The van der Waals surface area contributed by atoms with Crippen LogP contribution in [0.25, 0.3) is 0 Å². The molecule has 1 saturated carbocycles.